The molecular weight excluding hydrogens is 424 g/mol. The summed E-state index contributed by atoms with van der Waals surface area (Å²) in [5.74, 6) is -0.840. The fourth-order valence-corrected chi connectivity index (χ4v) is 4.85. The largest absolute Gasteiger partial charge is 0.481 e. The molecule has 0 spiro atoms. The number of aliphatic hydroxyl groups is 1. The Morgan fingerprint density at radius 3 is 1.79 bits per heavy atom. The van der Waals surface area contributed by atoms with Gasteiger partial charge in [0.2, 0.25) is 0 Å². The minimum absolute atomic E-state index is 0.0193. The maximum Gasteiger partial charge on any atom is 0.303 e. The van der Waals surface area contributed by atoms with Crippen LogP contribution in [0.3, 0.4) is 0 Å². The molecule has 3 atom stereocenters. The first-order chi connectivity index (χ1) is 15.8. The average molecular weight is 481 g/mol. The van der Waals surface area contributed by atoms with Crippen LogP contribution in [0.5, 0.6) is 0 Å². The van der Waals surface area contributed by atoms with Crippen molar-refractivity contribution in [1.29, 1.82) is 0 Å². The number of carboxylic acid groups (broad SMARTS) is 1. The van der Waals surface area contributed by atoms with E-state index < -0.39 is 12.1 Å². The van der Waals surface area contributed by atoms with Crippen LogP contribution in [0.4, 0.5) is 0 Å². The molecule has 0 amide bonds. The first-order valence-corrected chi connectivity index (χ1v) is 13.9. The molecule has 0 aromatic carbocycles. The van der Waals surface area contributed by atoms with Gasteiger partial charge in [-0.2, -0.15) is 0 Å². The van der Waals surface area contributed by atoms with Crippen LogP contribution in [0.15, 0.2) is 12.2 Å². The third kappa shape index (κ3) is 15.7. The molecular formula is C30H56O4. The van der Waals surface area contributed by atoms with E-state index in [0.29, 0.717) is 12.8 Å². The Morgan fingerprint density at radius 1 is 0.735 bits per heavy atom. The van der Waals surface area contributed by atoms with Gasteiger partial charge in [0.1, 0.15) is 5.78 Å². The molecule has 2 N–H and O–H groups in total. The molecule has 34 heavy (non-hydrogen) atoms. The van der Waals surface area contributed by atoms with E-state index in [2.05, 4.69) is 60.6 Å². The summed E-state index contributed by atoms with van der Waals surface area (Å²) in [6.45, 7) is 15.1. The fraction of sp³-hybridized carbons (Fsp3) is 0.867. The number of unbranched alkanes of at least 4 members (excludes halogenated alkanes) is 7. The van der Waals surface area contributed by atoms with Crippen molar-refractivity contribution in [2.24, 2.45) is 22.7 Å². The predicted octanol–water partition coefficient (Wildman–Crippen LogP) is 8.36. The summed E-state index contributed by atoms with van der Waals surface area (Å²) in [6.07, 6.45) is 17.2. The Hall–Kier alpha value is -1.16. The van der Waals surface area contributed by atoms with Crippen molar-refractivity contribution in [3.63, 3.8) is 0 Å². The smallest absolute Gasteiger partial charge is 0.303 e. The Labute approximate surface area is 211 Å². The Bertz CT molecular complexity index is 580. The second-order valence-corrected chi connectivity index (χ2v) is 12.4. The molecule has 0 heterocycles. The lowest BCUT2D eigenvalue weighted by molar-refractivity contribution is -0.137. The van der Waals surface area contributed by atoms with Gasteiger partial charge < -0.3 is 10.2 Å². The Kier molecular flexibility index (Phi) is 16.7. The van der Waals surface area contributed by atoms with Crippen LogP contribution in [0, 0.1) is 22.7 Å². The molecule has 0 aromatic rings. The van der Waals surface area contributed by atoms with E-state index in [1.54, 1.807) is 0 Å². The molecule has 3 unspecified atom stereocenters. The van der Waals surface area contributed by atoms with Crippen LogP contribution in [0.25, 0.3) is 0 Å². The second-order valence-electron chi connectivity index (χ2n) is 12.4. The SMILES string of the molecule is CCCCCCCC/C=C\CCCC(C(O)C(CC(=O)CCCC(=O)O)C(C)(C)C)C(C)(C)C. The highest BCUT2D eigenvalue weighted by molar-refractivity contribution is 5.79. The van der Waals surface area contributed by atoms with Gasteiger partial charge in [0.25, 0.3) is 0 Å². The standard InChI is InChI=1S/C30H56O4/c1-8-9-10-11-12-13-14-15-16-17-18-21-25(29(2,3)4)28(34)26(30(5,6)7)23-24(31)20-19-22-27(32)33/h15-16,25-26,28,34H,8-14,17-23H2,1-7H3,(H,32,33)/b16-15-. The summed E-state index contributed by atoms with van der Waals surface area (Å²) in [4.78, 5) is 23.4. The van der Waals surface area contributed by atoms with Gasteiger partial charge >= 0.3 is 5.97 Å². The van der Waals surface area contributed by atoms with E-state index in [1.807, 2.05) is 0 Å². The molecule has 0 saturated heterocycles. The van der Waals surface area contributed by atoms with Gasteiger partial charge in [-0.25, -0.2) is 0 Å². The molecule has 4 nitrogen and oxygen atoms in total. The number of ketones is 1. The lowest BCUT2D eigenvalue weighted by Crippen LogP contribution is -2.43. The minimum atomic E-state index is -0.867. The van der Waals surface area contributed by atoms with E-state index in [4.69, 9.17) is 5.11 Å². The summed E-state index contributed by atoms with van der Waals surface area (Å²) in [6, 6.07) is 0. The zero-order valence-electron chi connectivity index (χ0n) is 23.5. The van der Waals surface area contributed by atoms with Crippen molar-refractivity contribution in [3.8, 4) is 0 Å². The van der Waals surface area contributed by atoms with Crippen LogP contribution in [0.1, 0.15) is 138 Å². The van der Waals surface area contributed by atoms with Gasteiger partial charge in [0.05, 0.1) is 6.10 Å². The van der Waals surface area contributed by atoms with Crippen molar-refractivity contribution in [2.45, 2.75) is 144 Å². The van der Waals surface area contributed by atoms with Crippen LogP contribution in [-0.4, -0.2) is 28.1 Å². The summed E-state index contributed by atoms with van der Waals surface area (Å²) < 4.78 is 0. The number of hydrogen-bond acceptors (Lipinski definition) is 3. The molecule has 0 saturated carbocycles. The molecule has 200 valence electrons. The highest BCUT2D eigenvalue weighted by Crippen LogP contribution is 2.42. The van der Waals surface area contributed by atoms with Gasteiger partial charge in [-0.1, -0.05) is 92.7 Å². The average Bonchev–Trinajstić information content (AvgIpc) is 2.70. The van der Waals surface area contributed by atoms with Gasteiger partial charge in [-0.05, 0) is 61.2 Å². The fourth-order valence-electron chi connectivity index (χ4n) is 4.85. The van der Waals surface area contributed by atoms with Crippen LogP contribution in [-0.2, 0) is 9.59 Å². The lowest BCUT2D eigenvalue weighted by Gasteiger charge is -2.43. The molecule has 0 radical (unpaired) electrons. The van der Waals surface area contributed by atoms with Gasteiger partial charge in [0, 0.05) is 19.3 Å². The first-order valence-electron chi connectivity index (χ1n) is 13.9. The molecule has 0 fully saturated rings. The zero-order chi connectivity index (χ0) is 26.2. The molecule has 0 aromatic heterocycles. The maximum atomic E-state index is 12.6. The van der Waals surface area contributed by atoms with Crippen molar-refractivity contribution in [1.82, 2.24) is 0 Å². The Morgan fingerprint density at radius 2 is 1.26 bits per heavy atom. The number of allylic oxidation sites excluding steroid dienone is 2. The third-order valence-electron chi connectivity index (χ3n) is 7.12. The number of aliphatic hydroxyl groups excluding tert-OH is 1. The second kappa shape index (κ2) is 17.3. The van der Waals surface area contributed by atoms with Crippen molar-refractivity contribution in [2.75, 3.05) is 0 Å². The van der Waals surface area contributed by atoms with Crippen molar-refractivity contribution in [3.05, 3.63) is 12.2 Å². The number of Topliss-reactive ketones (excluding diaryl/α,β-unsaturated/α-hetero) is 1. The van der Waals surface area contributed by atoms with E-state index in [9.17, 15) is 14.7 Å². The summed E-state index contributed by atoms with van der Waals surface area (Å²) >= 11 is 0. The number of carbonyl (C=O) groups is 2. The Balaban J connectivity index is 4.80. The van der Waals surface area contributed by atoms with E-state index in [0.717, 1.165) is 25.7 Å². The summed E-state index contributed by atoms with van der Waals surface area (Å²) in [5.41, 5.74) is -0.264. The summed E-state index contributed by atoms with van der Waals surface area (Å²) in [5, 5.41) is 20.3. The lowest BCUT2D eigenvalue weighted by atomic mass is 9.65. The van der Waals surface area contributed by atoms with Gasteiger partial charge in [-0.3, -0.25) is 9.59 Å². The van der Waals surface area contributed by atoms with E-state index >= 15 is 0 Å². The van der Waals surface area contributed by atoms with Gasteiger partial charge in [-0.15, -0.1) is 0 Å². The molecule has 0 aliphatic carbocycles. The molecule has 0 aliphatic rings. The number of hydrogen-bond donors (Lipinski definition) is 2. The number of carboxylic acids is 1. The normalized spacial score (nSPS) is 15.4. The highest BCUT2D eigenvalue weighted by Gasteiger charge is 2.40. The maximum absolute atomic E-state index is 12.6. The molecule has 4 heteroatoms. The highest BCUT2D eigenvalue weighted by atomic mass is 16.4. The van der Waals surface area contributed by atoms with E-state index in [1.165, 1.54) is 38.5 Å². The first kappa shape index (κ1) is 32.8. The monoisotopic (exact) mass is 480 g/mol. The quantitative estimate of drug-likeness (QED) is 0.144. The van der Waals surface area contributed by atoms with Crippen LogP contribution < -0.4 is 0 Å². The minimum Gasteiger partial charge on any atom is -0.481 e. The topological polar surface area (TPSA) is 74.6 Å². The zero-order valence-corrected chi connectivity index (χ0v) is 23.5. The van der Waals surface area contributed by atoms with Crippen LogP contribution >= 0.6 is 0 Å². The summed E-state index contributed by atoms with van der Waals surface area (Å²) in [7, 11) is 0. The molecule has 0 bridgehead atoms. The molecule has 0 aliphatic heterocycles. The number of aliphatic carboxylic acids is 1. The third-order valence-corrected chi connectivity index (χ3v) is 7.12. The number of rotatable bonds is 19. The molecule has 0 rings (SSSR count). The predicted molar refractivity (Wildman–Crippen MR) is 144 cm³/mol. The van der Waals surface area contributed by atoms with Crippen molar-refractivity contribution < 1.29 is 19.8 Å². The number of carbonyl (C=O) groups excluding carboxylic acids is 1. The van der Waals surface area contributed by atoms with E-state index in [-0.39, 0.29) is 41.3 Å². The van der Waals surface area contributed by atoms with Crippen molar-refractivity contribution >= 4 is 11.8 Å². The van der Waals surface area contributed by atoms with Gasteiger partial charge in [0.15, 0.2) is 0 Å². The van der Waals surface area contributed by atoms with Crippen LogP contribution in [0.2, 0.25) is 0 Å².